The van der Waals surface area contributed by atoms with Crippen LogP contribution in [-0.4, -0.2) is 27.9 Å². The molecule has 1 aliphatic heterocycles. The predicted molar refractivity (Wildman–Crippen MR) is 102 cm³/mol. The van der Waals surface area contributed by atoms with Crippen molar-refractivity contribution in [3.8, 4) is 11.4 Å². The fraction of sp³-hybridized carbons (Fsp3) is 0.150. The minimum Gasteiger partial charge on any atom is -0.452 e. The second-order valence-electron chi connectivity index (χ2n) is 6.26. The number of imide groups is 1. The van der Waals surface area contributed by atoms with E-state index in [1.54, 1.807) is 24.3 Å². The fourth-order valence-corrected chi connectivity index (χ4v) is 2.98. The van der Waals surface area contributed by atoms with Crippen LogP contribution in [0.1, 0.15) is 29.1 Å². The van der Waals surface area contributed by atoms with Crippen molar-refractivity contribution in [3.05, 3.63) is 65.0 Å². The molecule has 0 N–H and O–H groups in total. The van der Waals surface area contributed by atoms with Crippen LogP contribution in [0.15, 0.2) is 53.1 Å². The molecular weight excluding hydrogens is 398 g/mol. The highest BCUT2D eigenvalue weighted by Gasteiger charge is 2.30. The van der Waals surface area contributed by atoms with Gasteiger partial charge in [-0.25, -0.2) is 4.79 Å². The zero-order valence-corrected chi connectivity index (χ0v) is 15.8. The SMILES string of the molecule is O=C(OCc1nc(-c2ccc(Cl)cc2)no1)c1ccc(N2C(=O)CCC2=O)cc1. The quantitative estimate of drug-likeness (QED) is 0.468. The number of anilines is 1. The minimum absolute atomic E-state index is 0.146. The lowest BCUT2D eigenvalue weighted by Gasteiger charge is -2.13. The number of ether oxygens (including phenoxy) is 1. The Morgan fingerprint density at radius 2 is 1.69 bits per heavy atom. The van der Waals surface area contributed by atoms with E-state index in [4.69, 9.17) is 20.9 Å². The molecule has 2 aromatic carbocycles. The summed E-state index contributed by atoms with van der Waals surface area (Å²) in [6, 6.07) is 13.0. The Kier molecular flexibility index (Phi) is 5.09. The van der Waals surface area contributed by atoms with E-state index >= 15 is 0 Å². The molecule has 0 saturated carbocycles. The molecule has 1 aliphatic rings. The third-order valence-corrected chi connectivity index (χ3v) is 4.56. The van der Waals surface area contributed by atoms with Crippen molar-refractivity contribution in [1.29, 1.82) is 0 Å². The van der Waals surface area contributed by atoms with Crippen LogP contribution in [0.5, 0.6) is 0 Å². The second-order valence-corrected chi connectivity index (χ2v) is 6.70. The van der Waals surface area contributed by atoms with E-state index in [2.05, 4.69) is 10.1 Å². The molecule has 0 aliphatic carbocycles. The number of halogens is 1. The van der Waals surface area contributed by atoms with Gasteiger partial charge in [0.1, 0.15) is 0 Å². The molecule has 2 amide bonds. The van der Waals surface area contributed by atoms with E-state index < -0.39 is 5.97 Å². The van der Waals surface area contributed by atoms with Crippen LogP contribution in [0.2, 0.25) is 5.02 Å². The molecule has 0 unspecified atom stereocenters. The van der Waals surface area contributed by atoms with Crippen LogP contribution < -0.4 is 4.90 Å². The Hall–Kier alpha value is -3.52. The van der Waals surface area contributed by atoms with E-state index in [1.807, 2.05) is 0 Å². The van der Waals surface area contributed by atoms with Gasteiger partial charge in [-0.3, -0.25) is 14.5 Å². The number of rotatable bonds is 5. The Bertz CT molecular complexity index is 1060. The Balaban J connectivity index is 1.38. The maximum absolute atomic E-state index is 12.2. The molecule has 0 spiro atoms. The summed E-state index contributed by atoms with van der Waals surface area (Å²) in [5.41, 5.74) is 1.42. The summed E-state index contributed by atoms with van der Waals surface area (Å²) in [5.74, 6) is -0.594. The third-order valence-electron chi connectivity index (χ3n) is 4.31. The summed E-state index contributed by atoms with van der Waals surface area (Å²) in [6.45, 7) is -0.190. The molecule has 1 saturated heterocycles. The van der Waals surface area contributed by atoms with Gasteiger partial charge in [-0.2, -0.15) is 4.98 Å². The number of benzene rings is 2. The number of hydrogen-bond acceptors (Lipinski definition) is 7. The molecule has 8 nitrogen and oxygen atoms in total. The van der Waals surface area contributed by atoms with Crippen LogP contribution in [0, 0.1) is 0 Å². The van der Waals surface area contributed by atoms with E-state index in [0.29, 0.717) is 16.5 Å². The second kappa shape index (κ2) is 7.84. The Labute approximate surface area is 170 Å². The zero-order chi connectivity index (χ0) is 20.4. The van der Waals surface area contributed by atoms with Crippen molar-refractivity contribution in [2.45, 2.75) is 19.4 Å². The Morgan fingerprint density at radius 1 is 1.03 bits per heavy atom. The smallest absolute Gasteiger partial charge is 0.338 e. The van der Waals surface area contributed by atoms with Gasteiger partial charge < -0.3 is 9.26 Å². The first-order valence-electron chi connectivity index (χ1n) is 8.73. The number of carbonyl (C=O) groups is 3. The average molecular weight is 412 g/mol. The van der Waals surface area contributed by atoms with Gasteiger partial charge in [-0.15, -0.1) is 0 Å². The van der Waals surface area contributed by atoms with Gasteiger partial charge in [0.05, 0.1) is 11.3 Å². The van der Waals surface area contributed by atoms with Crippen LogP contribution >= 0.6 is 11.6 Å². The van der Waals surface area contributed by atoms with Gasteiger partial charge >= 0.3 is 5.97 Å². The number of amides is 2. The molecule has 146 valence electrons. The minimum atomic E-state index is -0.595. The highest BCUT2D eigenvalue weighted by Crippen LogP contribution is 2.23. The third kappa shape index (κ3) is 4.02. The normalized spacial score (nSPS) is 13.8. The lowest BCUT2D eigenvalue weighted by Crippen LogP contribution is -2.28. The molecule has 3 aromatic rings. The average Bonchev–Trinajstić information content (AvgIpc) is 3.33. The molecule has 0 bridgehead atoms. The van der Waals surface area contributed by atoms with Gasteiger partial charge in [0, 0.05) is 23.4 Å². The van der Waals surface area contributed by atoms with E-state index in [-0.39, 0.29) is 42.7 Å². The monoisotopic (exact) mass is 411 g/mol. The maximum atomic E-state index is 12.2. The van der Waals surface area contributed by atoms with Gasteiger partial charge in [-0.1, -0.05) is 16.8 Å². The zero-order valence-electron chi connectivity index (χ0n) is 15.0. The van der Waals surface area contributed by atoms with Crippen molar-refractivity contribution in [3.63, 3.8) is 0 Å². The summed E-state index contributed by atoms with van der Waals surface area (Å²) in [4.78, 5) is 41.1. The highest BCUT2D eigenvalue weighted by atomic mass is 35.5. The van der Waals surface area contributed by atoms with Gasteiger partial charge in [0.2, 0.25) is 17.6 Å². The van der Waals surface area contributed by atoms with E-state index in [9.17, 15) is 14.4 Å². The Morgan fingerprint density at radius 3 is 2.34 bits per heavy atom. The van der Waals surface area contributed by atoms with Crippen molar-refractivity contribution in [2.24, 2.45) is 0 Å². The van der Waals surface area contributed by atoms with Crippen molar-refractivity contribution in [2.75, 3.05) is 4.90 Å². The standard InChI is InChI=1S/C20H14ClN3O5/c21-14-5-1-12(2-6-14)19-22-16(29-23-19)11-28-20(27)13-3-7-15(8-4-13)24-17(25)9-10-18(24)26/h1-8H,9-11H2. The molecule has 9 heteroatoms. The first kappa shape index (κ1) is 18.8. The lowest BCUT2D eigenvalue weighted by atomic mass is 10.2. The highest BCUT2D eigenvalue weighted by molar-refractivity contribution is 6.30. The van der Waals surface area contributed by atoms with Gasteiger partial charge in [0.15, 0.2) is 6.61 Å². The largest absolute Gasteiger partial charge is 0.452 e. The van der Waals surface area contributed by atoms with Crippen LogP contribution in [0.4, 0.5) is 5.69 Å². The van der Waals surface area contributed by atoms with Crippen LogP contribution in [-0.2, 0) is 20.9 Å². The molecule has 4 rings (SSSR count). The molecule has 0 radical (unpaired) electrons. The fourth-order valence-electron chi connectivity index (χ4n) is 2.85. The van der Waals surface area contributed by atoms with E-state index in [0.717, 1.165) is 10.5 Å². The van der Waals surface area contributed by atoms with Crippen LogP contribution in [0.25, 0.3) is 11.4 Å². The summed E-state index contributed by atoms with van der Waals surface area (Å²) in [7, 11) is 0. The molecule has 29 heavy (non-hydrogen) atoms. The van der Waals surface area contributed by atoms with Crippen molar-refractivity contribution >= 4 is 35.1 Å². The number of aromatic nitrogens is 2. The lowest BCUT2D eigenvalue weighted by molar-refractivity contribution is -0.121. The molecule has 1 aromatic heterocycles. The summed E-state index contributed by atoms with van der Waals surface area (Å²) in [6.07, 6.45) is 0.398. The summed E-state index contributed by atoms with van der Waals surface area (Å²) in [5, 5.41) is 4.44. The summed E-state index contributed by atoms with van der Waals surface area (Å²) >= 11 is 5.85. The van der Waals surface area contributed by atoms with Gasteiger partial charge in [-0.05, 0) is 48.5 Å². The first-order chi connectivity index (χ1) is 14.0. The topological polar surface area (TPSA) is 103 Å². The van der Waals surface area contributed by atoms with E-state index in [1.165, 1.54) is 24.3 Å². The number of hydrogen-bond donors (Lipinski definition) is 0. The molecule has 0 atom stereocenters. The van der Waals surface area contributed by atoms with Crippen molar-refractivity contribution in [1.82, 2.24) is 10.1 Å². The first-order valence-corrected chi connectivity index (χ1v) is 9.10. The summed E-state index contributed by atoms with van der Waals surface area (Å²) < 4.78 is 10.3. The molecule has 1 fully saturated rings. The van der Waals surface area contributed by atoms with Crippen LogP contribution in [0.3, 0.4) is 0 Å². The maximum Gasteiger partial charge on any atom is 0.338 e. The number of nitrogens with zero attached hydrogens (tertiary/aromatic N) is 3. The molecule has 2 heterocycles. The number of carbonyl (C=O) groups excluding carboxylic acids is 3. The van der Waals surface area contributed by atoms with Crippen molar-refractivity contribution < 1.29 is 23.6 Å². The van der Waals surface area contributed by atoms with Gasteiger partial charge in [0.25, 0.3) is 5.89 Å². The number of esters is 1. The predicted octanol–water partition coefficient (Wildman–Crippen LogP) is 3.40. The molecular formula is C20H14ClN3O5.